The number of hydrogen-bond donors (Lipinski definition) is 0. The van der Waals surface area contributed by atoms with Gasteiger partial charge >= 0.3 is 5.97 Å². The van der Waals surface area contributed by atoms with Crippen LogP contribution in [-0.4, -0.2) is 31.2 Å². The molecule has 0 aromatic carbocycles. The van der Waals surface area contributed by atoms with E-state index in [1.807, 2.05) is 13.0 Å². The van der Waals surface area contributed by atoms with Gasteiger partial charge in [0, 0.05) is 62.9 Å². The number of fused-ring (bicyclic) bond motifs is 1. The second-order valence-corrected chi connectivity index (χ2v) is 8.31. The van der Waals surface area contributed by atoms with Crippen molar-refractivity contribution in [2.45, 2.75) is 19.8 Å². The zero-order chi connectivity index (χ0) is 16.8. The number of pyridine rings is 1. The van der Waals surface area contributed by atoms with Gasteiger partial charge < -0.3 is 9.64 Å². The minimum atomic E-state index is -0.342. The first-order valence-electron chi connectivity index (χ1n) is 8.13. The van der Waals surface area contributed by atoms with Gasteiger partial charge in [-0.1, -0.05) is 17.7 Å². The second kappa shape index (κ2) is 7.73. The minimum absolute atomic E-state index is 0. The van der Waals surface area contributed by atoms with E-state index in [0.717, 1.165) is 47.6 Å². The number of anilines is 1. The van der Waals surface area contributed by atoms with Crippen molar-refractivity contribution < 1.29 is 47.3 Å². The minimum Gasteiger partial charge on any atom is -0.465 e. The molecular weight excluding hydrogens is 384 g/mol. The molecular formula is C18H19ArClN2O2S. The van der Waals surface area contributed by atoms with Crippen molar-refractivity contribution >= 4 is 34.7 Å². The molecule has 2 aromatic heterocycles. The van der Waals surface area contributed by atoms with Crippen LogP contribution in [0.4, 0.5) is 5.82 Å². The first-order valence-corrected chi connectivity index (χ1v) is 9.32. The summed E-state index contributed by atoms with van der Waals surface area (Å²) in [6.07, 6.45) is 2.07. The van der Waals surface area contributed by atoms with Gasteiger partial charge in [-0.2, -0.15) is 0 Å². The van der Waals surface area contributed by atoms with Crippen LogP contribution in [0.5, 0.6) is 0 Å². The number of esters is 1. The number of nitrogens with zero attached hydrogens (tertiary/aromatic N) is 2. The summed E-state index contributed by atoms with van der Waals surface area (Å²) in [5, 5.41) is 0. The number of ether oxygens (including phenoxy) is 1. The van der Waals surface area contributed by atoms with Crippen LogP contribution in [0.15, 0.2) is 18.2 Å². The third-order valence-electron chi connectivity index (χ3n) is 5.01. The molecule has 3 heterocycles. The molecule has 2 aliphatic rings. The number of carbonyl (C=O) groups excluding carboxylic acids is 1. The molecule has 1 aliphatic heterocycles. The Bertz CT molecular complexity index is 800. The standard InChI is InChI=1S/C18H19ClN2O2S.Ar/c1-10-11(5-12-7-15(18(22)23-2)24-17(12)19)3-4-16(20-10)21-8-13-6-14(13)9-21;/h3-4,7,13-14H,5-6,8-9H2,1-2H3;. The Labute approximate surface area is 186 Å². The average molecular weight is 403 g/mol. The third-order valence-corrected chi connectivity index (χ3v) is 6.43. The molecule has 0 radical (unpaired) electrons. The number of carbonyl (C=O) groups is 1. The second-order valence-electron chi connectivity index (χ2n) is 6.65. The van der Waals surface area contributed by atoms with Crippen molar-refractivity contribution in [3.8, 4) is 0 Å². The Morgan fingerprint density at radius 1 is 1.36 bits per heavy atom. The summed E-state index contributed by atoms with van der Waals surface area (Å²) >= 11 is 7.55. The quantitative estimate of drug-likeness (QED) is 0.726. The molecule has 4 rings (SSSR count). The van der Waals surface area contributed by atoms with Crippen molar-refractivity contribution in [1.82, 2.24) is 4.98 Å². The van der Waals surface area contributed by atoms with Crippen LogP contribution in [0.3, 0.4) is 0 Å². The van der Waals surface area contributed by atoms with Crippen molar-refractivity contribution in [2.24, 2.45) is 11.8 Å². The summed E-state index contributed by atoms with van der Waals surface area (Å²) in [5.41, 5.74) is 3.11. The number of rotatable bonds is 4. The van der Waals surface area contributed by atoms with Gasteiger partial charge in [-0.05, 0) is 48.4 Å². The Hall–Kier alpha value is -0.330. The van der Waals surface area contributed by atoms with Crippen LogP contribution < -0.4 is 4.90 Å². The van der Waals surface area contributed by atoms with Gasteiger partial charge in [0.05, 0.1) is 11.4 Å². The Morgan fingerprint density at radius 3 is 2.72 bits per heavy atom. The number of halogens is 1. The van der Waals surface area contributed by atoms with E-state index < -0.39 is 0 Å². The number of piperidine rings is 1. The molecule has 0 bridgehead atoms. The van der Waals surface area contributed by atoms with Gasteiger partial charge in [0.25, 0.3) is 0 Å². The fourth-order valence-corrected chi connectivity index (χ4v) is 4.65. The Kier molecular flexibility index (Phi) is 6.01. The van der Waals surface area contributed by atoms with E-state index in [2.05, 4.69) is 17.0 Å². The molecule has 2 atom stereocenters. The first-order chi connectivity index (χ1) is 11.5. The Morgan fingerprint density at radius 2 is 2.08 bits per heavy atom. The number of hydrogen-bond acceptors (Lipinski definition) is 5. The van der Waals surface area contributed by atoms with Crippen molar-refractivity contribution in [2.75, 3.05) is 25.1 Å². The SMILES string of the molecule is COC(=O)c1cc(Cc2ccc(N3CC4CC4C3)nc2C)c(Cl)s1.[Ar]. The molecule has 1 saturated heterocycles. The molecule has 1 saturated carbocycles. The molecule has 2 aromatic rings. The van der Waals surface area contributed by atoms with Gasteiger partial charge in [-0.3, -0.25) is 0 Å². The maximum absolute atomic E-state index is 11.6. The third kappa shape index (κ3) is 4.01. The van der Waals surface area contributed by atoms with E-state index in [9.17, 15) is 4.79 Å². The fourth-order valence-electron chi connectivity index (χ4n) is 3.46. The van der Waals surface area contributed by atoms with E-state index in [0.29, 0.717) is 15.6 Å². The summed E-state index contributed by atoms with van der Waals surface area (Å²) < 4.78 is 5.40. The van der Waals surface area contributed by atoms with Gasteiger partial charge in [0.2, 0.25) is 0 Å². The maximum atomic E-state index is 11.6. The topological polar surface area (TPSA) is 42.4 Å². The van der Waals surface area contributed by atoms with Crippen LogP contribution in [0.1, 0.15) is 32.9 Å². The van der Waals surface area contributed by atoms with Gasteiger partial charge in [-0.25, -0.2) is 9.78 Å². The fraction of sp³-hybridized carbons (Fsp3) is 0.444. The summed E-state index contributed by atoms with van der Waals surface area (Å²) in [7, 11) is 1.38. The molecule has 7 heteroatoms. The molecule has 25 heavy (non-hydrogen) atoms. The van der Waals surface area contributed by atoms with Gasteiger partial charge in [0.15, 0.2) is 0 Å². The van der Waals surface area contributed by atoms with E-state index in [4.69, 9.17) is 21.3 Å². The number of thiophene rings is 1. The Balaban J connectivity index is 0.00000182. The number of aryl methyl sites for hydroxylation is 1. The zero-order valence-electron chi connectivity index (χ0n) is 14.1. The predicted octanol–water partition coefficient (Wildman–Crippen LogP) is 3.94. The average Bonchev–Trinajstić information content (AvgIpc) is 3.00. The summed E-state index contributed by atoms with van der Waals surface area (Å²) in [6.45, 7) is 4.34. The summed E-state index contributed by atoms with van der Waals surface area (Å²) in [5.74, 6) is 2.53. The van der Waals surface area contributed by atoms with Crippen LogP contribution in [0, 0.1) is 56.5 Å². The molecule has 134 valence electrons. The predicted molar refractivity (Wildman–Crippen MR) is 96.3 cm³/mol. The van der Waals surface area contributed by atoms with Crippen LogP contribution in [0.2, 0.25) is 4.34 Å². The summed E-state index contributed by atoms with van der Waals surface area (Å²) in [4.78, 5) is 19.3. The van der Waals surface area contributed by atoms with Crippen molar-refractivity contribution in [3.63, 3.8) is 0 Å². The van der Waals surface area contributed by atoms with Crippen LogP contribution in [0.25, 0.3) is 0 Å². The molecule has 0 amide bonds. The van der Waals surface area contributed by atoms with E-state index in [-0.39, 0.29) is 43.7 Å². The maximum Gasteiger partial charge on any atom is 0.348 e. The first kappa shape index (κ1) is 19.4. The molecule has 0 spiro atoms. The monoisotopic (exact) mass is 402 g/mol. The number of methoxy groups -OCH3 is 1. The normalized spacial score (nSPS) is 20.8. The molecule has 2 fully saturated rings. The van der Waals surface area contributed by atoms with Crippen molar-refractivity contribution in [3.05, 3.63) is 44.2 Å². The summed E-state index contributed by atoms with van der Waals surface area (Å²) in [6, 6.07) is 6.06. The van der Waals surface area contributed by atoms with E-state index in [1.165, 1.54) is 24.9 Å². The molecule has 1 aliphatic carbocycles. The molecule has 2 unspecified atom stereocenters. The van der Waals surface area contributed by atoms with Gasteiger partial charge in [0.1, 0.15) is 10.7 Å². The van der Waals surface area contributed by atoms with Crippen LogP contribution in [-0.2, 0) is 11.2 Å². The van der Waals surface area contributed by atoms with Crippen LogP contribution >= 0.6 is 22.9 Å². The largest absolute Gasteiger partial charge is 0.465 e. The van der Waals surface area contributed by atoms with Crippen molar-refractivity contribution in [1.29, 1.82) is 0 Å². The zero-order valence-corrected chi connectivity index (χ0v) is 16.3. The molecule has 4 nitrogen and oxygen atoms in total. The van der Waals surface area contributed by atoms with E-state index in [1.54, 1.807) is 0 Å². The molecule has 0 N–H and O–H groups in total. The van der Waals surface area contributed by atoms with E-state index >= 15 is 0 Å². The van der Waals surface area contributed by atoms with Gasteiger partial charge in [-0.15, -0.1) is 11.3 Å². The smallest absolute Gasteiger partial charge is 0.348 e. The number of aromatic nitrogens is 1.